The minimum atomic E-state index is -0.0350. The van der Waals surface area contributed by atoms with Gasteiger partial charge < -0.3 is 14.6 Å². The Hall–Kier alpha value is -1.38. The quantitative estimate of drug-likeness (QED) is 0.863. The Bertz CT molecular complexity index is 882. The molecule has 0 spiro atoms. The summed E-state index contributed by atoms with van der Waals surface area (Å²) in [4.78, 5) is 36.4. The number of nitrogens with zero attached hydrogens (tertiary/aromatic N) is 2. The van der Waals surface area contributed by atoms with Crippen LogP contribution in [0.1, 0.15) is 36.5 Å². The Morgan fingerprint density at radius 3 is 2.88 bits per heavy atom. The van der Waals surface area contributed by atoms with Crippen molar-refractivity contribution < 1.29 is 9.53 Å². The summed E-state index contributed by atoms with van der Waals surface area (Å²) in [6.07, 6.45) is 3.33. The summed E-state index contributed by atoms with van der Waals surface area (Å²) < 4.78 is 5.67. The van der Waals surface area contributed by atoms with E-state index in [-0.39, 0.29) is 23.7 Å². The predicted octanol–water partition coefficient (Wildman–Crippen LogP) is 2.34. The van der Waals surface area contributed by atoms with Crippen LogP contribution < -0.4 is 5.56 Å². The zero-order valence-electron chi connectivity index (χ0n) is 15.0. The highest BCUT2D eigenvalue weighted by Crippen LogP contribution is 2.34. The van der Waals surface area contributed by atoms with E-state index >= 15 is 0 Å². The maximum absolute atomic E-state index is 12.4. The highest BCUT2D eigenvalue weighted by Gasteiger charge is 2.26. The number of rotatable bonds is 4. The average Bonchev–Trinajstić information content (AvgIpc) is 3.14. The molecule has 1 N–H and O–H groups in total. The number of thiophene rings is 1. The maximum Gasteiger partial charge on any atom is 0.259 e. The summed E-state index contributed by atoms with van der Waals surface area (Å²) in [6.45, 7) is 5.27. The lowest BCUT2D eigenvalue weighted by Crippen LogP contribution is -2.48. The second-order valence-electron chi connectivity index (χ2n) is 7.10. The number of amides is 1. The van der Waals surface area contributed by atoms with Gasteiger partial charge in [0.25, 0.3) is 5.56 Å². The van der Waals surface area contributed by atoms with Gasteiger partial charge in [0.05, 0.1) is 29.1 Å². The molecule has 0 bridgehead atoms. The van der Waals surface area contributed by atoms with Crippen molar-refractivity contribution in [2.75, 3.05) is 18.8 Å². The second-order valence-corrected chi connectivity index (χ2v) is 9.17. The largest absolute Gasteiger partial charge is 0.372 e. The Labute approximate surface area is 160 Å². The van der Waals surface area contributed by atoms with Crippen LogP contribution in [-0.4, -0.2) is 51.8 Å². The molecule has 0 saturated carbocycles. The van der Waals surface area contributed by atoms with E-state index in [1.807, 2.05) is 18.7 Å². The number of H-pyrrole nitrogens is 1. The van der Waals surface area contributed by atoms with Gasteiger partial charge in [-0.3, -0.25) is 9.59 Å². The number of aromatic amines is 1. The number of ether oxygens (including phenoxy) is 1. The number of aryl methyl sites for hydroxylation is 2. The third-order valence-corrected chi connectivity index (χ3v) is 6.98. The number of thioether (sulfide) groups is 1. The van der Waals surface area contributed by atoms with Crippen LogP contribution >= 0.6 is 23.1 Å². The van der Waals surface area contributed by atoms with Gasteiger partial charge in [-0.1, -0.05) is 0 Å². The zero-order chi connectivity index (χ0) is 18.3. The third-order valence-electron chi connectivity index (χ3n) is 4.86. The number of carbonyl (C=O) groups excluding carboxylic acids is 1. The van der Waals surface area contributed by atoms with Crippen molar-refractivity contribution in [3.63, 3.8) is 0 Å². The Morgan fingerprint density at radius 1 is 1.35 bits per heavy atom. The highest BCUT2D eigenvalue weighted by atomic mass is 32.2. The number of fused-ring (bicyclic) bond motifs is 3. The molecular weight excluding hydrogens is 370 g/mol. The Kier molecular flexibility index (Phi) is 5.07. The van der Waals surface area contributed by atoms with Gasteiger partial charge in [0.2, 0.25) is 5.91 Å². The number of morpholine rings is 1. The van der Waals surface area contributed by atoms with E-state index in [2.05, 4.69) is 9.97 Å². The molecule has 3 heterocycles. The highest BCUT2D eigenvalue weighted by molar-refractivity contribution is 7.99. The average molecular weight is 394 g/mol. The molecule has 2 aliphatic rings. The normalized spacial score (nSPS) is 22.8. The fourth-order valence-electron chi connectivity index (χ4n) is 3.82. The Balaban J connectivity index is 1.39. The van der Waals surface area contributed by atoms with Crippen LogP contribution in [0.25, 0.3) is 10.2 Å². The minimum absolute atomic E-state index is 0.0350. The number of carbonyl (C=O) groups is 1. The number of nitrogens with one attached hydrogen (secondary N) is 1. The molecule has 0 radical (unpaired) electrons. The van der Waals surface area contributed by atoms with Gasteiger partial charge in [0, 0.05) is 18.0 Å². The first kappa shape index (κ1) is 18.0. The van der Waals surface area contributed by atoms with Crippen molar-refractivity contribution in [2.45, 2.75) is 51.1 Å². The number of hydrogen-bond acceptors (Lipinski definition) is 6. The molecule has 1 aliphatic carbocycles. The molecule has 2 unspecified atom stereocenters. The first-order valence-electron chi connectivity index (χ1n) is 9.05. The zero-order valence-corrected chi connectivity index (χ0v) is 16.7. The summed E-state index contributed by atoms with van der Waals surface area (Å²) >= 11 is 3.15. The minimum Gasteiger partial charge on any atom is -0.372 e. The second kappa shape index (κ2) is 7.32. The molecule has 1 amide bonds. The van der Waals surface area contributed by atoms with E-state index in [4.69, 9.17) is 4.74 Å². The Morgan fingerprint density at radius 2 is 2.12 bits per heavy atom. The summed E-state index contributed by atoms with van der Waals surface area (Å²) in [7, 11) is 0. The van der Waals surface area contributed by atoms with Crippen LogP contribution in [0.5, 0.6) is 0 Å². The molecule has 140 valence electrons. The molecule has 4 rings (SSSR count). The van der Waals surface area contributed by atoms with Crippen molar-refractivity contribution in [3.8, 4) is 0 Å². The summed E-state index contributed by atoms with van der Waals surface area (Å²) in [6, 6.07) is 0. The number of aromatic nitrogens is 2. The lowest BCUT2D eigenvalue weighted by atomic mass is 10.2. The van der Waals surface area contributed by atoms with Gasteiger partial charge in [-0.2, -0.15) is 0 Å². The first-order chi connectivity index (χ1) is 12.5. The number of hydrogen-bond donors (Lipinski definition) is 1. The van der Waals surface area contributed by atoms with E-state index in [0.717, 1.165) is 29.5 Å². The smallest absolute Gasteiger partial charge is 0.259 e. The van der Waals surface area contributed by atoms with Gasteiger partial charge in [-0.15, -0.1) is 23.1 Å². The molecule has 1 fully saturated rings. The summed E-state index contributed by atoms with van der Waals surface area (Å²) in [5, 5.41) is 0.781. The van der Waals surface area contributed by atoms with E-state index in [9.17, 15) is 9.59 Å². The fraction of sp³-hybridized carbons (Fsp3) is 0.611. The lowest BCUT2D eigenvalue weighted by molar-refractivity contribution is -0.140. The molecule has 2 aromatic rings. The summed E-state index contributed by atoms with van der Waals surface area (Å²) in [5.41, 5.74) is 1.16. The van der Waals surface area contributed by atoms with Crippen LogP contribution in [-0.2, 0) is 28.1 Å². The molecule has 0 aromatic carbocycles. The predicted molar refractivity (Wildman–Crippen MR) is 105 cm³/mol. The van der Waals surface area contributed by atoms with Crippen LogP contribution in [0.3, 0.4) is 0 Å². The van der Waals surface area contributed by atoms with Crippen molar-refractivity contribution in [2.24, 2.45) is 0 Å². The van der Waals surface area contributed by atoms with Gasteiger partial charge >= 0.3 is 0 Å². The molecule has 26 heavy (non-hydrogen) atoms. The molecule has 1 aliphatic heterocycles. The van der Waals surface area contributed by atoms with Crippen molar-refractivity contribution >= 4 is 39.2 Å². The van der Waals surface area contributed by atoms with E-state index in [1.54, 1.807) is 11.3 Å². The summed E-state index contributed by atoms with van der Waals surface area (Å²) in [5.74, 6) is 1.70. The molecule has 2 aromatic heterocycles. The molecule has 6 nitrogen and oxygen atoms in total. The van der Waals surface area contributed by atoms with Gasteiger partial charge in [0.15, 0.2) is 0 Å². The van der Waals surface area contributed by atoms with Crippen LogP contribution in [0.2, 0.25) is 0 Å². The SMILES string of the molecule is CC1CN(C(=O)CSCc2nc3sc4c(c3c(=O)[nH]2)CCC4)CC(C)O1. The van der Waals surface area contributed by atoms with E-state index in [1.165, 1.54) is 22.2 Å². The standard InChI is InChI=1S/C18H23N3O3S2/c1-10-6-21(7-11(2)24-10)15(22)9-25-8-14-19-17(23)16-12-4-3-5-13(12)26-18(16)20-14/h10-11H,3-9H2,1-2H3,(H,19,20,23). The fourth-order valence-corrected chi connectivity index (χ4v) is 5.89. The van der Waals surface area contributed by atoms with Crippen LogP contribution in [0.4, 0.5) is 0 Å². The van der Waals surface area contributed by atoms with Crippen LogP contribution in [0, 0.1) is 0 Å². The van der Waals surface area contributed by atoms with Gasteiger partial charge in [-0.25, -0.2) is 4.98 Å². The van der Waals surface area contributed by atoms with Gasteiger partial charge in [-0.05, 0) is 38.7 Å². The topological polar surface area (TPSA) is 75.3 Å². The lowest BCUT2D eigenvalue weighted by Gasteiger charge is -2.35. The third kappa shape index (κ3) is 3.54. The van der Waals surface area contributed by atoms with Crippen molar-refractivity contribution in [1.29, 1.82) is 0 Å². The first-order valence-corrected chi connectivity index (χ1v) is 11.0. The van der Waals surface area contributed by atoms with Crippen molar-refractivity contribution in [1.82, 2.24) is 14.9 Å². The van der Waals surface area contributed by atoms with Crippen LogP contribution in [0.15, 0.2) is 4.79 Å². The maximum atomic E-state index is 12.4. The molecule has 1 saturated heterocycles. The van der Waals surface area contributed by atoms with Crippen molar-refractivity contribution in [3.05, 3.63) is 26.6 Å². The van der Waals surface area contributed by atoms with E-state index in [0.29, 0.717) is 30.4 Å². The van der Waals surface area contributed by atoms with Gasteiger partial charge in [0.1, 0.15) is 10.7 Å². The molecule has 8 heteroatoms. The van der Waals surface area contributed by atoms with E-state index < -0.39 is 0 Å². The molecular formula is C18H23N3O3S2. The monoisotopic (exact) mass is 393 g/mol. The molecule has 2 atom stereocenters.